The van der Waals surface area contributed by atoms with Gasteiger partial charge in [0.1, 0.15) is 5.56 Å². The van der Waals surface area contributed by atoms with Crippen molar-refractivity contribution in [2.45, 2.75) is 13.8 Å². The van der Waals surface area contributed by atoms with Gasteiger partial charge in [0.05, 0.1) is 12.0 Å². The van der Waals surface area contributed by atoms with Crippen LogP contribution in [-0.4, -0.2) is 21.0 Å². The summed E-state index contributed by atoms with van der Waals surface area (Å²) in [6, 6.07) is 1.73. The zero-order valence-electron chi connectivity index (χ0n) is 9.27. The Morgan fingerprint density at radius 1 is 1.47 bits per heavy atom. The van der Waals surface area contributed by atoms with E-state index >= 15 is 0 Å². The van der Waals surface area contributed by atoms with Crippen molar-refractivity contribution in [3.05, 3.63) is 39.5 Å². The van der Waals surface area contributed by atoms with Crippen LogP contribution in [0, 0.1) is 13.8 Å². The molecule has 0 radical (unpaired) electrons. The molecule has 0 amide bonds. The van der Waals surface area contributed by atoms with Gasteiger partial charge < -0.3 is 14.5 Å². The Morgan fingerprint density at radius 2 is 2.18 bits per heavy atom. The van der Waals surface area contributed by atoms with Gasteiger partial charge in [-0.2, -0.15) is 0 Å². The van der Waals surface area contributed by atoms with Gasteiger partial charge in [-0.1, -0.05) is 0 Å². The summed E-state index contributed by atoms with van der Waals surface area (Å²) in [6.45, 7) is 3.28. The predicted octanol–water partition coefficient (Wildman–Crippen LogP) is 1.34. The molecule has 6 nitrogen and oxygen atoms in total. The average molecular weight is 234 g/mol. The van der Waals surface area contributed by atoms with Crippen LogP contribution < -0.4 is 5.56 Å². The predicted molar refractivity (Wildman–Crippen MR) is 59.0 cm³/mol. The third-order valence-corrected chi connectivity index (χ3v) is 2.39. The van der Waals surface area contributed by atoms with Gasteiger partial charge in [-0.05, 0) is 25.5 Å². The summed E-state index contributed by atoms with van der Waals surface area (Å²) in [4.78, 5) is 28.8. The highest BCUT2D eigenvalue weighted by molar-refractivity contribution is 5.88. The molecule has 2 aromatic heterocycles. The summed E-state index contributed by atoms with van der Waals surface area (Å²) < 4.78 is 5.18. The number of carboxylic acids is 1. The second kappa shape index (κ2) is 3.89. The number of nitrogens with one attached hydrogen (secondary N) is 1. The van der Waals surface area contributed by atoms with Crippen molar-refractivity contribution in [2.75, 3.05) is 0 Å². The average Bonchev–Trinajstić information content (AvgIpc) is 2.62. The lowest BCUT2D eigenvalue weighted by Crippen LogP contribution is -2.21. The molecule has 2 rings (SSSR count). The molecule has 6 heteroatoms. The molecule has 0 fully saturated rings. The smallest absolute Gasteiger partial charge is 0.343 e. The SMILES string of the molecule is Cc1ccoc1-c1nc(C)c(C(=O)O)c(=O)[nH]1. The lowest BCUT2D eigenvalue weighted by Gasteiger charge is -2.02. The van der Waals surface area contributed by atoms with Crippen LogP contribution in [-0.2, 0) is 0 Å². The molecule has 0 saturated carbocycles. The van der Waals surface area contributed by atoms with Gasteiger partial charge >= 0.3 is 5.97 Å². The first kappa shape index (κ1) is 11.1. The highest BCUT2D eigenvalue weighted by Crippen LogP contribution is 2.20. The Kier molecular flexibility index (Phi) is 2.55. The van der Waals surface area contributed by atoms with Gasteiger partial charge in [-0.25, -0.2) is 9.78 Å². The number of rotatable bonds is 2. The summed E-state index contributed by atoms with van der Waals surface area (Å²) in [5.74, 6) is -0.624. The first-order chi connectivity index (χ1) is 8.00. The fraction of sp³-hybridized carbons (Fsp3) is 0.182. The normalized spacial score (nSPS) is 10.5. The minimum Gasteiger partial charge on any atom is -0.477 e. The van der Waals surface area contributed by atoms with Gasteiger partial charge in [-0.3, -0.25) is 4.79 Å². The second-order valence-corrected chi connectivity index (χ2v) is 3.61. The monoisotopic (exact) mass is 234 g/mol. The zero-order valence-corrected chi connectivity index (χ0v) is 9.27. The van der Waals surface area contributed by atoms with E-state index in [9.17, 15) is 9.59 Å². The summed E-state index contributed by atoms with van der Waals surface area (Å²) in [5.41, 5.74) is -0.0589. The Bertz CT molecular complexity index is 639. The van der Waals surface area contributed by atoms with E-state index in [1.54, 1.807) is 13.0 Å². The van der Waals surface area contributed by atoms with Crippen molar-refractivity contribution in [3.63, 3.8) is 0 Å². The Morgan fingerprint density at radius 3 is 2.65 bits per heavy atom. The van der Waals surface area contributed by atoms with Gasteiger partial charge in [0.25, 0.3) is 5.56 Å². The molecule has 2 heterocycles. The number of carboxylic acid groups (broad SMARTS) is 1. The molecule has 0 aromatic carbocycles. The Balaban J connectivity index is 2.65. The van der Waals surface area contributed by atoms with Crippen molar-refractivity contribution < 1.29 is 14.3 Å². The number of furan rings is 1. The first-order valence-corrected chi connectivity index (χ1v) is 4.89. The second-order valence-electron chi connectivity index (χ2n) is 3.61. The van der Waals surface area contributed by atoms with Gasteiger partial charge in [0.15, 0.2) is 11.6 Å². The van der Waals surface area contributed by atoms with Crippen LogP contribution in [0.15, 0.2) is 21.5 Å². The van der Waals surface area contributed by atoms with E-state index in [0.29, 0.717) is 5.76 Å². The maximum Gasteiger partial charge on any atom is 0.343 e. The summed E-state index contributed by atoms with van der Waals surface area (Å²) >= 11 is 0. The molecule has 0 bridgehead atoms. The molecule has 0 saturated heterocycles. The molecule has 0 atom stereocenters. The number of aromatic amines is 1. The summed E-state index contributed by atoms with van der Waals surface area (Å²) in [5, 5.41) is 8.84. The fourth-order valence-corrected chi connectivity index (χ4v) is 1.56. The van der Waals surface area contributed by atoms with E-state index in [0.717, 1.165) is 5.56 Å². The zero-order chi connectivity index (χ0) is 12.6. The molecule has 2 N–H and O–H groups in total. The van der Waals surface area contributed by atoms with Crippen LogP contribution in [0.25, 0.3) is 11.6 Å². The van der Waals surface area contributed by atoms with Gasteiger partial charge in [0, 0.05) is 0 Å². The van der Waals surface area contributed by atoms with Crippen molar-refractivity contribution in [3.8, 4) is 11.6 Å². The summed E-state index contributed by atoms with van der Waals surface area (Å²) in [7, 11) is 0. The third-order valence-electron chi connectivity index (χ3n) is 2.39. The van der Waals surface area contributed by atoms with E-state index in [1.807, 2.05) is 0 Å². The van der Waals surface area contributed by atoms with Crippen molar-refractivity contribution in [1.82, 2.24) is 9.97 Å². The Hall–Kier alpha value is -2.37. The largest absolute Gasteiger partial charge is 0.477 e. The highest BCUT2D eigenvalue weighted by Gasteiger charge is 2.17. The van der Waals surface area contributed by atoms with Crippen molar-refractivity contribution in [2.24, 2.45) is 0 Å². The lowest BCUT2D eigenvalue weighted by atomic mass is 10.2. The molecule has 0 aliphatic heterocycles. The number of hydrogen-bond donors (Lipinski definition) is 2. The van der Waals surface area contributed by atoms with Crippen LogP contribution in [0.1, 0.15) is 21.6 Å². The van der Waals surface area contributed by atoms with E-state index in [1.165, 1.54) is 13.2 Å². The van der Waals surface area contributed by atoms with Crippen molar-refractivity contribution >= 4 is 5.97 Å². The van der Waals surface area contributed by atoms with Crippen LogP contribution in [0.2, 0.25) is 0 Å². The highest BCUT2D eigenvalue weighted by atomic mass is 16.4. The molecule has 0 aliphatic carbocycles. The van der Waals surface area contributed by atoms with E-state index in [4.69, 9.17) is 9.52 Å². The topological polar surface area (TPSA) is 96.2 Å². The number of aromatic carboxylic acids is 1. The van der Waals surface area contributed by atoms with E-state index in [-0.39, 0.29) is 17.1 Å². The standard InChI is InChI=1S/C11H10N2O4/c1-5-3-4-17-8(5)9-12-6(2)7(11(15)16)10(14)13-9/h3-4H,1-2H3,(H,15,16)(H,12,13,14). The molecule has 0 unspecified atom stereocenters. The van der Waals surface area contributed by atoms with Crippen LogP contribution in [0.5, 0.6) is 0 Å². The van der Waals surface area contributed by atoms with Crippen LogP contribution in [0.3, 0.4) is 0 Å². The lowest BCUT2D eigenvalue weighted by molar-refractivity contribution is 0.0693. The van der Waals surface area contributed by atoms with E-state index < -0.39 is 11.5 Å². The van der Waals surface area contributed by atoms with Gasteiger partial charge in [-0.15, -0.1) is 0 Å². The molecule has 88 valence electrons. The maximum absolute atomic E-state index is 11.6. The Labute approximate surface area is 95.9 Å². The molecule has 0 aliphatic rings. The third kappa shape index (κ3) is 1.84. The number of carbonyl (C=O) groups is 1. The molecule has 2 aromatic rings. The minimum atomic E-state index is -1.29. The number of hydrogen-bond acceptors (Lipinski definition) is 4. The number of aryl methyl sites for hydroxylation is 2. The summed E-state index contributed by atoms with van der Waals surface area (Å²) in [6.07, 6.45) is 1.48. The van der Waals surface area contributed by atoms with Crippen LogP contribution >= 0.6 is 0 Å². The van der Waals surface area contributed by atoms with Gasteiger partial charge in [0.2, 0.25) is 0 Å². The maximum atomic E-state index is 11.6. The number of aromatic nitrogens is 2. The number of H-pyrrole nitrogens is 1. The molecule has 17 heavy (non-hydrogen) atoms. The fourth-order valence-electron chi connectivity index (χ4n) is 1.56. The first-order valence-electron chi connectivity index (χ1n) is 4.89. The number of nitrogens with zero attached hydrogens (tertiary/aromatic N) is 1. The molecular formula is C11H10N2O4. The minimum absolute atomic E-state index is 0.159. The van der Waals surface area contributed by atoms with E-state index in [2.05, 4.69) is 9.97 Å². The van der Waals surface area contributed by atoms with Crippen LogP contribution in [0.4, 0.5) is 0 Å². The molecule has 0 spiro atoms. The van der Waals surface area contributed by atoms with Crippen molar-refractivity contribution in [1.29, 1.82) is 0 Å². The molecular weight excluding hydrogens is 224 g/mol. The quantitative estimate of drug-likeness (QED) is 0.817.